The molecule has 3 atom stereocenters. The number of carbonyl (C=O) groups excluding carboxylic acids is 1. The zero-order valence-corrected chi connectivity index (χ0v) is 10.7. The summed E-state index contributed by atoms with van der Waals surface area (Å²) in [6.45, 7) is 6.53. The molecular weight excluding hydrogens is 204 g/mol. The van der Waals surface area contributed by atoms with E-state index in [0.29, 0.717) is 25.4 Å². The first-order chi connectivity index (χ1) is 7.48. The highest BCUT2D eigenvalue weighted by Gasteiger charge is 2.38. The summed E-state index contributed by atoms with van der Waals surface area (Å²) < 4.78 is 4.88. The minimum atomic E-state index is -0.654. The number of rotatable bonds is 4. The molecular formula is C13H24O3. The second-order valence-electron chi connectivity index (χ2n) is 5.19. The van der Waals surface area contributed by atoms with Gasteiger partial charge in [0, 0.05) is 6.42 Å². The molecule has 0 aromatic carbocycles. The minimum Gasteiger partial charge on any atom is -0.466 e. The Morgan fingerprint density at radius 3 is 2.75 bits per heavy atom. The van der Waals surface area contributed by atoms with Crippen molar-refractivity contribution in [1.29, 1.82) is 0 Å². The van der Waals surface area contributed by atoms with E-state index in [1.54, 1.807) is 6.92 Å². The van der Waals surface area contributed by atoms with Gasteiger partial charge in [-0.25, -0.2) is 0 Å². The van der Waals surface area contributed by atoms with Crippen molar-refractivity contribution >= 4 is 5.97 Å². The van der Waals surface area contributed by atoms with Crippen LogP contribution in [0.25, 0.3) is 0 Å². The molecule has 3 nitrogen and oxygen atoms in total. The van der Waals surface area contributed by atoms with E-state index in [1.165, 1.54) is 0 Å². The fraction of sp³-hybridized carbons (Fsp3) is 0.923. The van der Waals surface area contributed by atoms with Crippen molar-refractivity contribution in [3.8, 4) is 0 Å². The summed E-state index contributed by atoms with van der Waals surface area (Å²) in [5.74, 6) is 0.783. The lowest BCUT2D eigenvalue weighted by molar-refractivity contribution is -0.146. The van der Waals surface area contributed by atoms with Crippen molar-refractivity contribution in [2.75, 3.05) is 6.61 Å². The van der Waals surface area contributed by atoms with Gasteiger partial charge in [-0.2, -0.15) is 0 Å². The molecule has 0 heterocycles. The van der Waals surface area contributed by atoms with Gasteiger partial charge < -0.3 is 9.84 Å². The number of hydrogen-bond acceptors (Lipinski definition) is 3. The molecule has 1 aliphatic carbocycles. The van der Waals surface area contributed by atoms with E-state index in [1.807, 2.05) is 0 Å². The molecule has 0 aromatic heterocycles. The van der Waals surface area contributed by atoms with Crippen molar-refractivity contribution in [2.24, 2.45) is 11.8 Å². The Morgan fingerprint density at radius 1 is 1.50 bits per heavy atom. The molecule has 0 radical (unpaired) electrons. The first kappa shape index (κ1) is 13.5. The SMILES string of the molecule is CCOC(=O)CCC1(O)CCC(C)CC1C. The quantitative estimate of drug-likeness (QED) is 0.752. The van der Waals surface area contributed by atoms with Crippen LogP contribution < -0.4 is 0 Å². The van der Waals surface area contributed by atoms with Gasteiger partial charge >= 0.3 is 5.97 Å². The molecule has 3 unspecified atom stereocenters. The summed E-state index contributed by atoms with van der Waals surface area (Å²) in [5, 5.41) is 10.5. The van der Waals surface area contributed by atoms with Crippen molar-refractivity contribution in [2.45, 2.75) is 58.5 Å². The molecule has 0 aromatic rings. The lowest BCUT2D eigenvalue weighted by atomic mass is 9.70. The second-order valence-corrected chi connectivity index (χ2v) is 5.19. The van der Waals surface area contributed by atoms with Gasteiger partial charge in [0.1, 0.15) is 0 Å². The van der Waals surface area contributed by atoms with E-state index >= 15 is 0 Å². The molecule has 1 saturated carbocycles. The summed E-state index contributed by atoms with van der Waals surface area (Å²) in [6, 6.07) is 0. The molecule has 1 aliphatic rings. The maximum Gasteiger partial charge on any atom is 0.305 e. The number of hydrogen-bond donors (Lipinski definition) is 1. The van der Waals surface area contributed by atoms with Crippen LogP contribution in [0.4, 0.5) is 0 Å². The zero-order valence-electron chi connectivity index (χ0n) is 10.7. The van der Waals surface area contributed by atoms with Crippen molar-refractivity contribution in [3.63, 3.8) is 0 Å². The Labute approximate surface area is 98.2 Å². The van der Waals surface area contributed by atoms with Gasteiger partial charge in [0.15, 0.2) is 0 Å². The van der Waals surface area contributed by atoms with Crippen LogP contribution in [0.3, 0.4) is 0 Å². The maximum absolute atomic E-state index is 11.3. The number of carbonyl (C=O) groups is 1. The first-order valence-electron chi connectivity index (χ1n) is 6.36. The molecule has 0 aliphatic heterocycles. The van der Waals surface area contributed by atoms with Crippen LogP contribution in [-0.4, -0.2) is 23.3 Å². The number of esters is 1. The van der Waals surface area contributed by atoms with Gasteiger partial charge in [0.2, 0.25) is 0 Å². The molecule has 3 heteroatoms. The molecule has 1 fully saturated rings. The third-order valence-corrected chi connectivity index (χ3v) is 3.81. The molecule has 0 spiro atoms. The summed E-state index contributed by atoms with van der Waals surface area (Å²) >= 11 is 0. The molecule has 0 saturated heterocycles. The van der Waals surface area contributed by atoms with Crippen LogP contribution in [0.2, 0.25) is 0 Å². The summed E-state index contributed by atoms with van der Waals surface area (Å²) in [4.78, 5) is 11.3. The monoisotopic (exact) mass is 228 g/mol. The zero-order chi connectivity index (χ0) is 12.2. The summed E-state index contributed by atoms with van der Waals surface area (Å²) in [5.41, 5.74) is -0.654. The van der Waals surface area contributed by atoms with Crippen molar-refractivity contribution in [3.05, 3.63) is 0 Å². The Morgan fingerprint density at radius 2 is 2.19 bits per heavy atom. The minimum absolute atomic E-state index is 0.193. The predicted octanol–water partition coefficient (Wildman–Crippen LogP) is 2.52. The maximum atomic E-state index is 11.3. The predicted molar refractivity (Wildman–Crippen MR) is 63.0 cm³/mol. The molecule has 0 bridgehead atoms. The molecule has 16 heavy (non-hydrogen) atoms. The van der Waals surface area contributed by atoms with Gasteiger partial charge in [-0.05, 0) is 44.4 Å². The van der Waals surface area contributed by atoms with Gasteiger partial charge in [0.05, 0.1) is 12.2 Å². The van der Waals surface area contributed by atoms with Crippen LogP contribution in [0.1, 0.15) is 52.9 Å². The van der Waals surface area contributed by atoms with Gasteiger partial charge in [-0.3, -0.25) is 4.79 Å². The normalized spacial score (nSPS) is 34.8. The van der Waals surface area contributed by atoms with Gasteiger partial charge in [0.25, 0.3) is 0 Å². The largest absolute Gasteiger partial charge is 0.466 e. The third kappa shape index (κ3) is 3.48. The lowest BCUT2D eigenvalue weighted by Gasteiger charge is -2.40. The Balaban J connectivity index is 2.42. The first-order valence-corrected chi connectivity index (χ1v) is 6.36. The van der Waals surface area contributed by atoms with Crippen LogP contribution >= 0.6 is 0 Å². The average Bonchev–Trinajstić information content (AvgIpc) is 2.22. The second kappa shape index (κ2) is 5.67. The topological polar surface area (TPSA) is 46.5 Å². The fourth-order valence-corrected chi connectivity index (χ4v) is 2.61. The Hall–Kier alpha value is -0.570. The van der Waals surface area contributed by atoms with Crippen LogP contribution in [0.5, 0.6) is 0 Å². The average molecular weight is 228 g/mol. The standard InChI is InChI=1S/C13H24O3/c1-4-16-12(14)6-8-13(15)7-5-10(2)9-11(13)3/h10-11,15H,4-9H2,1-3H3. The fourth-order valence-electron chi connectivity index (χ4n) is 2.61. The highest BCUT2D eigenvalue weighted by atomic mass is 16.5. The highest BCUT2D eigenvalue weighted by molar-refractivity contribution is 5.69. The summed E-state index contributed by atoms with van der Waals surface area (Å²) in [6.07, 6.45) is 3.81. The van der Waals surface area contributed by atoms with E-state index < -0.39 is 5.60 Å². The van der Waals surface area contributed by atoms with Crippen molar-refractivity contribution in [1.82, 2.24) is 0 Å². The lowest BCUT2D eigenvalue weighted by Crippen LogP contribution is -2.41. The molecule has 94 valence electrons. The molecule has 1 N–H and O–H groups in total. The van der Waals surface area contributed by atoms with E-state index in [0.717, 1.165) is 19.3 Å². The summed E-state index contributed by atoms with van der Waals surface area (Å²) in [7, 11) is 0. The highest BCUT2D eigenvalue weighted by Crippen LogP contribution is 2.39. The van der Waals surface area contributed by atoms with Crippen molar-refractivity contribution < 1.29 is 14.6 Å². The van der Waals surface area contributed by atoms with E-state index in [4.69, 9.17) is 4.74 Å². The van der Waals surface area contributed by atoms with E-state index in [2.05, 4.69) is 13.8 Å². The number of aliphatic hydroxyl groups is 1. The Kier molecular flexibility index (Phi) is 4.78. The third-order valence-electron chi connectivity index (χ3n) is 3.81. The smallest absolute Gasteiger partial charge is 0.305 e. The van der Waals surface area contributed by atoms with Crippen LogP contribution in [-0.2, 0) is 9.53 Å². The molecule has 0 amide bonds. The van der Waals surface area contributed by atoms with E-state index in [9.17, 15) is 9.90 Å². The van der Waals surface area contributed by atoms with E-state index in [-0.39, 0.29) is 11.9 Å². The Bertz CT molecular complexity index is 239. The van der Waals surface area contributed by atoms with Crippen LogP contribution in [0.15, 0.2) is 0 Å². The van der Waals surface area contributed by atoms with Crippen LogP contribution in [0, 0.1) is 11.8 Å². The number of ether oxygens (including phenoxy) is 1. The van der Waals surface area contributed by atoms with Gasteiger partial charge in [-0.1, -0.05) is 13.8 Å². The van der Waals surface area contributed by atoms with Gasteiger partial charge in [-0.15, -0.1) is 0 Å². The molecule has 1 rings (SSSR count).